The second kappa shape index (κ2) is 11.3. The molecule has 0 saturated heterocycles. The van der Waals surface area contributed by atoms with Gasteiger partial charge in [0.15, 0.2) is 58.2 Å². The molecule has 2 unspecified atom stereocenters. The van der Waals surface area contributed by atoms with Crippen LogP contribution in [-0.4, -0.2) is 61.5 Å². The van der Waals surface area contributed by atoms with Crippen LogP contribution in [0.25, 0.3) is 22.3 Å². The highest BCUT2D eigenvalue weighted by atomic mass is 16.6. The first kappa shape index (κ1) is 29.8. The Balaban J connectivity index is 1.32. The van der Waals surface area contributed by atoms with Crippen LogP contribution in [0.4, 0.5) is 0 Å². The molecule has 5 aromatic rings. The molecule has 0 saturated carbocycles. The molecule has 0 amide bonds. The van der Waals surface area contributed by atoms with Gasteiger partial charge in [-0.3, -0.25) is 4.79 Å². The van der Waals surface area contributed by atoms with Gasteiger partial charge in [0.05, 0.1) is 19.3 Å². The topological polar surface area (TPSA) is 226 Å². The molecule has 0 bridgehead atoms. The molecule has 6 rings (SSSR count). The molecule has 46 heavy (non-hydrogen) atoms. The molecule has 0 radical (unpaired) electrons. The Morgan fingerprint density at radius 3 is 2.24 bits per heavy atom. The minimum atomic E-state index is -0.974. The number of phenols is 5. The summed E-state index contributed by atoms with van der Waals surface area (Å²) >= 11 is 0. The lowest BCUT2D eigenvalue weighted by Gasteiger charge is -2.33. The van der Waals surface area contributed by atoms with E-state index in [2.05, 4.69) is 0 Å². The Morgan fingerprint density at radius 2 is 1.54 bits per heavy atom. The number of aliphatic hydroxyl groups excluding tert-OH is 1. The van der Waals surface area contributed by atoms with Crippen LogP contribution in [0.2, 0.25) is 0 Å². The number of hydrogen-bond donors (Lipinski definition) is 7. The standard InChI is InChI=1S/C32H24O14/c1-42-22-8-13(2-4-20(22)46-32(41)15-6-18(36)27(38)19(37)7-15)30-25(12-33)43-21-5-3-14(9-23(21)44-30)31-29(40)28(39)26-17(35)10-16(34)11-24(26)45-31/h2-11,25,30,33-38,40H,12H2,1H3. The van der Waals surface area contributed by atoms with Crippen LogP contribution in [-0.2, 0) is 0 Å². The van der Waals surface area contributed by atoms with Crippen molar-refractivity contribution < 1.29 is 63.9 Å². The lowest BCUT2D eigenvalue weighted by Crippen LogP contribution is -2.36. The predicted octanol–water partition coefficient (Wildman–Crippen LogP) is 3.79. The third-order valence-electron chi connectivity index (χ3n) is 7.22. The summed E-state index contributed by atoms with van der Waals surface area (Å²) in [6, 6.07) is 12.7. The Bertz CT molecular complexity index is 2060. The van der Waals surface area contributed by atoms with Crippen molar-refractivity contribution in [2.75, 3.05) is 13.7 Å². The quantitative estimate of drug-likeness (QED) is 0.0803. The number of carbonyl (C=O) groups excluding carboxylic acids is 1. The Hall–Kier alpha value is -6.28. The van der Waals surface area contributed by atoms with Crippen molar-refractivity contribution in [3.05, 3.63) is 82.0 Å². The maximum atomic E-state index is 12.8. The van der Waals surface area contributed by atoms with Crippen molar-refractivity contribution >= 4 is 16.9 Å². The molecule has 2 heterocycles. The zero-order valence-electron chi connectivity index (χ0n) is 23.6. The molecule has 1 aliphatic rings. The smallest absolute Gasteiger partial charge is 0.343 e. The van der Waals surface area contributed by atoms with Crippen molar-refractivity contribution in [1.82, 2.24) is 0 Å². The molecular weight excluding hydrogens is 608 g/mol. The van der Waals surface area contributed by atoms with Gasteiger partial charge >= 0.3 is 5.97 Å². The summed E-state index contributed by atoms with van der Waals surface area (Å²) in [6.07, 6.45) is -1.85. The first-order chi connectivity index (χ1) is 22.0. The van der Waals surface area contributed by atoms with Gasteiger partial charge in [0, 0.05) is 23.3 Å². The second-order valence-electron chi connectivity index (χ2n) is 10.1. The number of aliphatic hydroxyl groups is 1. The second-order valence-corrected chi connectivity index (χ2v) is 10.1. The minimum Gasteiger partial charge on any atom is -0.508 e. The molecule has 4 aromatic carbocycles. The fourth-order valence-electron chi connectivity index (χ4n) is 4.99. The van der Waals surface area contributed by atoms with Gasteiger partial charge in [-0.1, -0.05) is 6.07 Å². The minimum absolute atomic E-state index is 0.0397. The van der Waals surface area contributed by atoms with Crippen LogP contribution in [0, 0.1) is 0 Å². The van der Waals surface area contributed by atoms with E-state index in [1.165, 1.54) is 43.5 Å². The van der Waals surface area contributed by atoms with Gasteiger partial charge < -0.3 is 59.1 Å². The summed E-state index contributed by atoms with van der Waals surface area (Å²) in [4.78, 5) is 25.5. The van der Waals surface area contributed by atoms with Gasteiger partial charge in [0.25, 0.3) is 0 Å². The predicted molar refractivity (Wildman–Crippen MR) is 157 cm³/mol. The highest BCUT2D eigenvalue weighted by Crippen LogP contribution is 2.45. The largest absolute Gasteiger partial charge is 0.508 e. The van der Waals surface area contributed by atoms with Gasteiger partial charge in [-0.25, -0.2) is 4.79 Å². The number of methoxy groups -OCH3 is 1. The first-order valence-electron chi connectivity index (χ1n) is 13.4. The highest BCUT2D eigenvalue weighted by molar-refractivity contribution is 5.93. The number of fused-ring (bicyclic) bond motifs is 2. The zero-order chi connectivity index (χ0) is 32.9. The van der Waals surface area contributed by atoms with E-state index in [1.54, 1.807) is 0 Å². The Labute approximate surface area is 257 Å². The normalized spacial score (nSPS) is 15.4. The first-order valence-corrected chi connectivity index (χ1v) is 13.4. The van der Waals surface area contributed by atoms with Crippen LogP contribution in [0.3, 0.4) is 0 Å². The summed E-state index contributed by atoms with van der Waals surface area (Å²) in [5, 5.41) is 69.4. The van der Waals surface area contributed by atoms with Crippen LogP contribution < -0.4 is 24.4 Å². The summed E-state index contributed by atoms with van der Waals surface area (Å²) in [6.45, 7) is -0.466. The number of hydrogen-bond acceptors (Lipinski definition) is 14. The summed E-state index contributed by atoms with van der Waals surface area (Å²) in [7, 11) is 1.32. The molecular formula is C32H24O14. The average molecular weight is 633 g/mol. The summed E-state index contributed by atoms with van der Waals surface area (Å²) in [5.41, 5.74) is -0.728. The average Bonchev–Trinajstić information content (AvgIpc) is 3.03. The van der Waals surface area contributed by atoms with E-state index in [0.717, 1.165) is 24.3 Å². The number of carbonyl (C=O) groups is 1. The van der Waals surface area contributed by atoms with E-state index >= 15 is 0 Å². The molecule has 1 aromatic heterocycles. The van der Waals surface area contributed by atoms with E-state index in [0.29, 0.717) is 5.56 Å². The monoisotopic (exact) mass is 632 g/mol. The van der Waals surface area contributed by atoms with Gasteiger partial charge in [0.2, 0.25) is 11.2 Å². The van der Waals surface area contributed by atoms with Crippen molar-refractivity contribution in [3.63, 3.8) is 0 Å². The van der Waals surface area contributed by atoms with Crippen LogP contribution in [0.1, 0.15) is 22.0 Å². The molecule has 0 spiro atoms. The van der Waals surface area contributed by atoms with Crippen LogP contribution in [0.5, 0.6) is 57.5 Å². The third-order valence-corrected chi connectivity index (χ3v) is 7.22. The van der Waals surface area contributed by atoms with Gasteiger partial charge in [-0.15, -0.1) is 0 Å². The lowest BCUT2D eigenvalue weighted by molar-refractivity contribution is -0.0123. The zero-order valence-corrected chi connectivity index (χ0v) is 23.6. The van der Waals surface area contributed by atoms with Gasteiger partial charge in [0.1, 0.15) is 22.5 Å². The van der Waals surface area contributed by atoms with E-state index in [4.69, 9.17) is 23.4 Å². The van der Waals surface area contributed by atoms with Crippen molar-refractivity contribution in [2.24, 2.45) is 0 Å². The summed E-state index contributed by atoms with van der Waals surface area (Å²) in [5.74, 6) is -4.78. The van der Waals surface area contributed by atoms with E-state index in [-0.39, 0.29) is 56.6 Å². The number of esters is 1. The van der Waals surface area contributed by atoms with Crippen molar-refractivity contribution in [2.45, 2.75) is 12.2 Å². The van der Waals surface area contributed by atoms with Crippen molar-refractivity contribution in [3.8, 4) is 68.8 Å². The van der Waals surface area contributed by atoms with Crippen LogP contribution >= 0.6 is 0 Å². The number of phenolic OH excluding ortho intramolecular Hbond substituents is 5. The lowest BCUT2D eigenvalue weighted by atomic mass is 10.0. The molecule has 14 nitrogen and oxygen atoms in total. The maximum absolute atomic E-state index is 12.8. The number of benzene rings is 4. The fraction of sp³-hybridized carbons (Fsp3) is 0.125. The third kappa shape index (κ3) is 5.11. The van der Waals surface area contributed by atoms with E-state index in [1.807, 2.05) is 0 Å². The summed E-state index contributed by atoms with van der Waals surface area (Å²) < 4.78 is 28.6. The number of ether oxygens (including phenoxy) is 4. The molecule has 14 heteroatoms. The Morgan fingerprint density at radius 1 is 0.804 bits per heavy atom. The fourth-order valence-corrected chi connectivity index (χ4v) is 4.99. The van der Waals surface area contributed by atoms with E-state index < -0.39 is 59.0 Å². The molecule has 1 aliphatic heterocycles. The maximum Gasteiger partial charge on any atom is 0.343 e. The molecule has 7 N–H and O–H groups in total. The van der Waals surface area contributed by atoms with Crippen molar-refractivity contribution in [1.29, 1.82) is 0 Å². The molecule has 2 atom stereocenters. The highest BCUT2D eigenvalue weighted by Gasteiger charge is 2.34. The molecule has 236 valence electrons. The SMILES string of the molecule is COc1cc(C2Oc3cc(-c4oc5cc(O)cc(O)c5c(=O)c4O)ccc3OC2CO)ccc1OC(=O)c1cc(O)c(O)c(O)c1. The number of aromatic hydroxyl groups is 6. The Kier molecular flexibility index (Phi) is 7.34. The van der Waals surface area contributed by atoms with E-state index in [9.17, 15) is 45.3 Å². The van der Waals surface area contributed by atoms with Gasteiger partial charge in [-0.05, 0) is 42.5 Å². The van der Waals surface area contributed by atoms with Crippen LogP contribution in [0.15, 0.2) is 69.9 Å². The molecule has 0 aliphatic carbocycles. The van der Waals surface area contributed by atoms with Gasteiger partial charge in [-0.2, -0.15) is 0 Å². The number of rotatable bonds is 6. The molecule has 0 fully saturated rings.